The van der Waals surface area contributed by atoms with Gasteiger partial charge in [0.15, 0.2) is 11.0 Å². The standard InChI is InChI=1S/C22H26N4O4S2/c1-6-14-13(3)32-20(18(14)21(28)30-7-2)23-17(27)12-31-22-25-24-19(26(22)4)15-10-8-9-11-16(15)29-5/h8-11H,6-7,12H2,1-5H3,(H,23,27). The normalized spacial score (nSPS) is 10.8. The molecular weight excluding hydrogens is 448 g/mol. The Morgan fingerprint density at radius 1 is 1.22 bits per heavy atom. The zero-order valence-corrected chi connectivity index (χ0v) is 20.4. The Hall–Kier alpha value is -2.85. The van der Waals surface area contributed by atoms with Gasteiger partial charge >= 0.3 is 5.97 Å². The Balaban J connectivity index is 1.73. The molecule has 10 heteroatoms. The van der Waals surface area contributed by atoms with Crippen molar-refractivity contribution in [2.24, 2.45) is 7.05 Å². The predicted octanol–water partition coefficient (Wildman–Crippen LogP) is 4.33. The number of nitrogens with one attached hydrogen (secondary N) is 1. The maximum absolute atomic E-state index is 12.7. The van der Waals surface area contributed by atoms with Gasteiger partial charge in [-0.3, -0.25) is 4.79 Å². The van der Waals surface area contributed by atoms with E-state index in [1.165, 1.54) is 23.1 Å². The summed E-state index contributed by atoms with van der Waals surface area (Å²) in [5, 5.41) is 12.5. The average molecular weight is 475 g/mol. The van der Waals surface area contributed by atoms with Crippen molar-refractivity contribution in [1.29, 1.82) is 0 Å². The van der Waals surface area contributed by atoms with E-state index in [0.29, 0.717) is 33.7 Å². The summed E-state index contributed by atoms with van der Waals surface area (Å²) in [6, 6.07) is 7.56. The topological polar surface area (TPSA) is 95.3 Å². The van der Waals surface area contributed by atoms with Crippen molar-refractivity contribution in [2.75, 3.05) is 24.8 Å². The number of thiophene rings is 1. The van der Waals surface area contributed by atoms with Gasteiger partial charge in [0.25, 0.3) is 0 Å². The van der Waals surface area contributed by atoms with Crippen LogP contribution in [0.5, 0.6) is 5.75 Å². The number of benzene rings is 1. The van der Waals surface area contributed by atoms with Crippen molar-refractivity contribution >= 4 is 40.0 Å². The molecule has 3 rings (SSSR count). The number of ether oxygens (including phenoxy) is 2. The third-order valence-corrected chi connectivity index (χ3v) is 6.89. The highest BCUT2D eigenvalue weighted by Gasteiger charge is 2.24. The number of methoxy groups -OCH3 is 1. The van der Waals surface area contributed by atoms with E-state index < -0.39 is 5.97 Å². The van der Waals surface area contributed by atoms with Crippen LogP contribution in [0.25, 0.3) is 11.4 Å². The monoisotopic (exact) mass is 474 g/mol. The Labute approximate surface area is 195 Å². The van der Waals surface area contributed by atoms with Gasteiger partial charge in [-0.1, -0.05) is 30.8 Å². The summed E-state index contributed by atoms with van der Waals surface area (Å²) in [4.78, 5) is 26.1. The molecule has 0 atom stereocenters. The Kier molecular flexibility index (Phi) is 7.92. The zero-order valence-electron chi connectivity index (χ0n) is 18.7. The van der Waals surface area contributed by atoms with Gasteiger partial charge in [-0.25, -0.2) is 4.79 Å². The van der Waals surface area contributed by atoms with Gasteiger partial charge < -0.3 is 19.4 Å². The van der Waals surface area contributed by atoms with Crippen molar-refractivity contribution in [1.82, 2.24) is 14.8 Å². The van der Waals surface area contributed by atoms with Crippen molar-refractivity contribution in [3.05, 3.63) is 40.3 Å². The van der Waals surface area contributed by atoms with Gasteiger partial charge in [0.2, 0.25) is 5.91 Å². The van der Waals surface area contributed by atoms with Crippen LogP contribution in [-0.4, -0.2) is 46.1 Å². The van der Waals surface area contributed by atoms with E-state index in [4.69, 9.17) is 9.47 Å². The van der Waals surface area contributed by atoms with Crippen LogP contribution in [-0.2, 0) is 23.0 Å². The average Bonchev–Trinajstić information content (AvgIpc) is 3.30. The first-order valence-corrected chi connectivity index (χ1v) is 12.0. The largest absolute Gasteiger partial charge is 0.496 e. The van der Waals surface area contributed by atoms with Crippen molar-refractivity contribution in [3.63, 3.8) is 0 Å². The molecule has 8 nitrogen and oxygen atoms in total. The lowest BCUT2D eigenvalue weighted by Crippen LogP contribution is -2.17. The summed E-state index contributed by atoms with van der Waals surface area (Å²) in [5.41, 5.74) is 2.18. The number of para-hydroxylation sites is 1. The number of aryl methyl sites for hydroxylation is 1. The van der Waals surface area contributed by atoms with Crippen molar-refractivity contribution in [3.8, 4) is 17.1 Å². The molecule has 1 N–H and O–H groups in total. The molecule has 0 aliphatic carbocycles. The lowest BCUT2D eigenvalue weighted by atomic mass is 10.1. The summed E-state index contributed by atoms with van der Waals surface area (Å²) in [6.45, 7) is 5.96. The first-order chi connectivity index (χ1) is 15.4. The van der Waals surface area contributed by atoms with Crippen LogP contribution in [0.1, 0.15) is 34.6 Å². The van der Waals surface area contributed by atoms with Crippen LogP contribution < -0.4 is 10.1 Å². The van der Waals surface area contributed by atoms with Crippen LogP contribution in [0.15, 0.2) is 29.4 Å². The number of nitrogens with zero attached hydrogens (tertiary/aromatic N) is 3. The number of rotatable bonds is 9. The molecule has 0 spiro atoms. The van der Waals surface area contributed by atoms with Gasteiger partial charge in [0.1, 0.15) is 10.8 Å². The lowest BCUT2D eigenvalue weighted by Gasteiger charge is -2.09. The van der Waals surface area contributed by atoms with Gasteiger partial charge in [-0.15, -0.1) is 21.5 Å². The Morgan fingerprint density at radius 3 is 2.66 bits per heavy atom. The fourth-order valence-corrected chi connectivity index (χ4v) is 5.17. The molecular formula is C22H26N4O4S2. The number of esters is 1. The van der Waals surface area contributed by atoms with E-state index in [2.05, 4.69) is 15.5 Å². The lowest BCUT2D eigenvalue weighted by molar-refractivity contribution is -0.113. The second-order valence-electron chi connectivity index (χ2n) is 6.82. The summed E-state index contributed by atoms with van der Waals surface area (Å²) < 4.78 is 12.4. The molecule has 2 heterocycles. The summed E-state index contributed by atoms with van der Waals surface area (Å²) in [6.07, 6.45) is 0.686. The maximum atomic E-state index is 12.7. The maximum Gasteiger partial charge on any atom is 0.341 e. The van der Waals surface area contributed by atoms with Crippen LogP contribution in [0.4, 0.5) is 5.00 Å². The number of amides is 1. The van der Waals surface area contributed by atoms with Gasteiger partial charge in [0, 0.05) is 11.9 Å². The van der Waals surface area contributed by atoms with E-state index in [1.54, 1.807) is 14.0 Å². The number of hydrogen-bond acceptors (Lipinski definition) is 8. The molecule has 0 bridgehead atoms. The molecule has 1 aromatic carbocycles. The highest BCUT2D eigenvalue weighted by atomic mass is 32.2. The number of aromatic nitrogens is 3. The van der Waals surface area contributed by atoms with E-state index in [9.17, 15) is 9.59 Å². The van der Waals surface area contributed by atoms with Crippen LogP contribution >= 0.6 is 23.1 Å². The van der Waals surface area contributed by atoms with Gasteiger partial charge in [0.05, 0.1) is 30.6 Å². The number of anilines is 1. The Morgan fingerprint density at radius 2 is 1.97 bits per heavy atom. The van der Waals surface area contributed by atoms with E-state index >= 15 is 0 Å². The highest BCUT2D eigenvalue weighted by Crippen LogP contribution is 2.34. The van der Waals surface area contributed by atoms with Crippen LogP contribution in [0, 0.1) is 6.92 Å². The fourth-order valence-electron chi connectivity index (χ4n) is 3.31. The number of hydrogen-bond donors (Lipinski definition) is 1. The number of thioether (sulfide) groups is 1. The van der Waals surface area contributed by atoms with E-state index in [1.807, 2.05) is 49.7 Å². The minimum absolute atomic E-state index is 0.124. The zero-order chi connectivity index (χ0) is 23.3. The molecule has 3 aromatic rings. The molecule has 2 aromatic heterocycles. The van der Waals surface area contributed by atoms with Gasteiger partial charge in [-0.05, 0) is 38.0 Å². The van der Waals surface area contributed by atoms with Crippen molar-refractivity contribution in [2.45, 2.75) is 32.3 Å². The molecule has 0 saturated carbocycles. The first kappa shape index (κ1) is 23.8. The molecule has 0 radical (unpaired) electrons. The first-order valence-electron chi connectivity index (χ1n) is 10.2. The predicted molar refractivity (Wildman–Crippen MR) is 127 cm³/mol. The molecule has 0 aliphatic rings. The third-order valence-electron chi connectivity index (χ3n) is 4.81. The Bertz CT molecular complexity index is 1120. The summed E-state index contributed by atoms with van der Waals surface area (Å²) >= 11 is 2.66. The molecule has 0 aliphatic heterocycles. The van der Waals surface area contributed by atoms with Crippen LogP contribution in [0.2, 0.25) is 0 Å². The summed E-state index contributed by atoms with van der Waals surface area (Å²) in [7, 11) is 3.45. The number of carbonyl (C=O) groups is 2. The SMILES string of the molecule is CCOC(=O)c1c(NC(=O)CSc2nnc(-c3ccccc3OC)n2C)sc(C)c1CC. The van der Waals surface area contributed by atoms with Crippen molar-refractivity contribution < 1.29 is 19.1 Å². The molecule has 0 fully saturated rings. The third kappa shape index (κ3) is 4.97. The highest BCUT2D eigenvalue weighted by molar-refractivity contribution is 7.99. The van der Waals surface area contributed by atoms with E-state index in [0.717, 1.165) is 16.0 Å². The summed E-state index contributed by atoms with van der Waals surface area (Å²) in [5.74, 6) is 0.830. The second-order valence-corrected chi connectivity index (χ2v) is 8.98. The second kappa shape index (κ2) is 10.6. The van der Waals surface area contributed by atoms with Crippen LogP contribution in [0.3, 0.4) is 0 Å². The minimum atomic E-state index is -0.411. The molecule has 32 heavy (non-hydrogen) atoms. The van der Waals surface area contributed by atoms with E-state index in [-0.39, 0.29) is 18.3 Å². The fraction of sp³-hybridized carbons (Fsp3) is 0.364. The smallest absolute Gasteiger partial charge is 0.341 e. The number of carbonyl (C=O) groups excluding carboxylic acids is 2. The van der Waals surface area contributed by atoms with Gasteiger partial charge in [-0.2, -0.15) is 0 Å². The molecule has 170 valence electrons. The minimum Gasteiger partial charge on any atom is -0.496 e. The quantitative estimate of drug-likeness (QED) is 0.364. The molecule has 0 saturated heterocycles. The molecule has 1 amide bonds. The molecule has 0 unspecified atom stereocenters.